The standard InChI is InChI=1S/C10H15NO/c1-5-9-7(2)6-8(3)11-10(9)12-4/h6H,5H2,1-4H3. The molecule has 1 heterocycles. The van der Waals surface area contributed by atoms with Gasteiger partial charge in [0.15, 0.2) is 0 Å². The van der Waals surface area contributed by atoms with E-state index < -0.39 is 0 Å². The average molecular weight is 165 g/mol. The Morgan fingerprint density at radius 2 is 2.08 bits per heavy atom. The van der Waals surface area contributed by atoms with E-state index in [2.05, 4.69) is 24.9 Å². The molecule has 2 heteroatoms. The van der Waals surface area contributed by atoms with Gasteiger partial charge in [-0.1, -0.05) is 6.92 Å². The predicted molar refractivity (Wildman–Crippen MR) is 49.6 cm³/mol. The molecule has 0 aliphatic rings. The van der Waals surface area contributed by atoms with Gasteiger partial charge in [-0.15, -0.1) is 0 Å². The van der Waals surface area contributed by atoms with Gasteiger partial charge in [-0.25, -0.2) is 4.98 Å². The first kappa shape index (κ1) is 9.04. The molecule has 0 bridgehead atoms. The van der Waals surface area contributed by atoms with Crippen LogP contribution in [0.4, 0.5) is 0 Å². The fourth-order valence-corrected chi connectivity index (χ4v) is 1.43. The SMILES string of the molecule is CCc1c(C)cc(C)nc1OC. The third kappa shape index (κ3) is 1.58. The van der Waals surface area contributed by atoms with Crippen LogP contribution in [0.1, 0.15) is 23.7 Å². The number of aromatic nitrogens is 1. The third-order valence-electron chi connectivity index (χ3n) is 1.98. The van der Waals surface area contributed by atoms with Crippen LogP contribution >= 0.6 is 0 Å². The first-order valence-corrected chi connectivity index (χ1v) is 4.20. The molecular formula is C10H15NO. The van der Waals surface area contributed by atoms with Gasteiger partial charge >= 0.3 is 0 Å². The molecule has 0 aliphatic carbocycles. The van der Waals surface area contributed by atoms with Gasteiger partial charge in [0.05, 0.1) is 7.11 Å². The van der Waals surface area contributed by atoms with Crippen molar-refractivity contribution in [2.24, 2.45) is 0 Å². The van der Waals surface area contributed by atoms with Crippen LogP contribution in [0.2, 0.25) is 0 Å². The normalized spacial score (nSPS) is 10.0. The lowest BCUT2D eigenvalue weighted by Crippen LogP contribution is -1.98. The number of rotatable bonds is 2. The summed E-state index contributed by atoms with van der Waals surface area (Å²) in [4.78, 5) is 4.30. The van der Waals surface area contributed by atoms with Gasteiger partial charge in [0.2, 0.25) is 5.88 Å². The molecule has 2 nitrogen and oxygen atoms in total. The minimum absolute atomic E-state index is 0.773. The van der Waals surface area contributed by atoms with Crippen molar-refractivity contribution in [1.82, 2.24) is 4.98 Å². The molecule has 0 N–H and O–H groups in total. The minimum Gasteiger partial charge on any atom is -0.481 e. The Bertz CT molecular complexity index is 281. The molecule has 0 atom stereocenters. The fraction of sp³-hybridized carbons (Fsp3) is 0.500. The van der Waals surface area contributed by atoms with E-state index in [-0.39, 0.29) is 0 Å². The van der Waals surface area contributed by atoms with Crippen molar-refractivity contribution in [1.29, 1.82) is 0 Å². The number of hydrogen-bond donors (Lipinski definition) is 0. The Morgan fingerprint density at radius 3 is 2.58 bits per heavy atom. The molecule has 66 valence electrons. The lowest BCUT2D eigenvalue weighted by molar-refractivity contribution is 0.391. The molecule has 0 aromatic carbocycles. The van der Waals surface area contributed by atoms with E-state index in [1.807, 2.05) is 6.92 Å². The van der Waals surface area contributed by atoms with Gasteiger partial charge in [0.1, 0.15) is 0 Å². The molecule has 0 radical (unpaired) electrons. The molecule has 0 spiro atoms. The first-order valence-electron chi connectivity index (χ1n) is 4.20. The summed E-state index contributed by atoms with van der Waals surface area (Å²) < 4.78 is 5.19. The van der Waals surface area contributed by atoms with Crippen molar-refractivity contribution < 1.29 is 4.74 Å². The highest BCUT2D eigenvalue weighted by atomic mass is 16.5. The van der Waals surface area contributed by atoms with E-state index in [9.17, 15) is 0 Å². The van der Waals surface area contributed by atoms with Crippen LogP contribution in [-0.2, 0) is 6.42 Å². The quantitative estimate of drug-likeness (QED) is 0.670. The monoisotopic (exact) mass is 165 g/mol. The molecule has 0 amide bonds. The van der Waals surface area contributed by atoms with Gasteiger partial charge in [-0.3, -0.25) is 0 Å². The average Bonchev–Trinajstić information content (AvgIpc) is 2.03. The molecule has 0 aliphatic heterocycles. The Balaban J connectivity index is 3.24. The second kappa shape index (κ2) is 3.57. The van der Waals surface area contributed by atoms with E-state index in [1.54, 1.807) is 7.11 Å². The number of ether oxygens (including phenoxy) is 1. The summed E-state index contributed by atoms with van der Waals surface area (Å²) >= 11 is 0. The molecule has 0 unspecified atom stereocenters. The van der Waals surface area contributed by atoms with Gasteiger partial charge in [-0.05, 0) is 31.9 Å². The molecule has 0 fully saturated rings. The topological polar surface area (TPSA) is 22.1 Å². The van der Waals surface area contributed by atoms with Crippen LogP contribution in [0.5, 0.6) is 5.88 Å². The summed E-state index contributed by atoms with van der Waals surface area (Å²) in [7, 11) is 1.67. The maximum atomic E-state index is 5.19. The molecule has 0 saturated carbocycles. The smallest absolute Gasteiger partial charge is 0.216 e. The molecule has 1 aromatic rings. The number of nitrogens with zero attached hydrogens (tertiary/aromatic N) is 1. The van der Waals surface area contributed by atoms with E-state index in [0.717, 1.165) is 18.0 Å². The van der Waals surface area contributed by atoms with Crippen LogP contribution in [0, 0.1) is 13.8 Å². The Morgan fingerprint density at radius 1 is 1.42 bits per heavy atom. The van der Waals surface area contributed by atoms with Crippen molar-refractivity contribution in [3.05, 3.63) is 22.9 Å². The summed E-state index contributed by atoms with van der Waals surface area (Å²) in [5.41, 5.74) is 3.49. The maximum absolute atomic E-state index is 5.19. The van der Waals surface area contributed by atoms with Crippen molar-refractivity contribution in [3.63, 3.8) is 0 Å². The third-order valence-corrected chi connectivity index (χ3v) is 1.98. The van der Waals surface area contributed by atoms with Crippen molar-refractivity contribution in [2.45, 2.75) is 27.2 Å². The van der Waals surface area contributed by atoms with E-state index in [4.69, 9.17) is 4.74 Å². The summed E-state index contributed by atoms with van der Waals surface area (Å²) in [6, 6.07) is 2.08. The van der Waals surface area contributed by atoms with Crippen LogP contribution in [0.25, 0.3) is 0 Å². The summed E-state index contributed by atoms with van der Waals surface area (Å²) in [5.74, 6) is 0.773. The highest BCUT2D eigenvalue weighted by molar-refractivity contribution is 5.35. The number of methoxy groups -OCH3 is 1. The van der Waals surface area contributed by atoms with Gasteiger partial charge in [0.25, 0.3) is 0 Å². The van der Waals surface area contributed by atoms with Gasteiger partial charge in [-0.2, -0.15) is 0 Å². The Labute approximate surface area is 73.6 Å². The van der Waals surface area contributed by atoms with E-state index in [1.165, 1.54) is 11.1 Å². The second-order valence-electron chi connectivity index (χ2n) is 2.92. The lowest BCUT2D eigenvalue weighted by atomic mass is 10.1. The minimum atomic E-state index is 0.773. The van der Waals surface area contributed by atoms with Crippen LogP contribution in [-0.4, -0.2) is 12.1 Å². The molecule has 12 heavy (non-hydrogen) atoms. The largest absolute Gasteiger partial charge is 0.481 e. The predicted octanol–water partition coefficient (Wildman–Crippen LogP) is 2.27. The lowest BCUT2D eigenvalue weighted by Gasteiger charge is -2.09. The zero-order chi connectivity index (χ0) is 9.14. The van der Waals surface area contributed by atoms with Crippen LogP contribution in [0.15, 0.2) is 6.07 Å². The summed E-state index contributed by atoms with van der Waals surface area (Å²) in [6.45, 7) is 6.19. The number of aryl methyl sites for hydroxylation is 2. The van der Waals surface area contributed by atoms with E-state index in [0.29, 0.717) is 0 Å². The zero-order valence-electron chi connectivity index (χ0n) is 8.14. The van der Waals surface area contributed by atoms with Crippen molar-refractivity contribution >= 4 is 0 Å². The molecular weight excluding hydrogens is 150 g/mol. The van der Waals surface area contributed by atoms with E-state index >= 15 is 0 Å². The second-order valence-corrected chi connectivity index (χ2v) is 2.92. The highest BCUT2D eigenvalue weighted by Gasteiger charge is 2.05. The first-order chi connectivity index (χ1) is 5.69. The highest BCUT2D eigenvalue weighted by Crippen LogP contribution is 2.20. The summed E-state index contributed by atoms with van der Waals surface area (Å²) in [5, 5.41) is 0. The fourth-order valence-electron chi connectivity index (χ4n) is 1.43. The Kier molecular flexibility index (Phi) is 2.69. The van der Waals surface area contributed by atoms with Crippen molar-refractivity contribution in [2.75, 3.05) is 7.11 Å². The van der Waals surface area contributed by atoms with Crippen molar-refractivity contribution in [3.8, 4) is 5.88 Å². The van der Waals surface area contributed by atoms with Gasteiger partial charge in [0, 0.05) is 11.3 Å². The van der Waals surface area contributed by atoms with Crippen LogP contribution in [0.3, 0.4) is 0 Å². The molecule has 1 aromatic heterocycles. The Hall–Kier alpha value is -1.05. The van der Waals surface area contributed by atoms with Crippen LogP contribution < -0.4 is 4.74 Å². The molecule has 1 rings (SSSR count). The zero-order valence-corrected chi connectivity index (χ0v) is 8.14. The summed E-state index contributed by atoms with van der Waals surface area (Å²) in [6.07, 6.45) is 0.974. The number of pyridine rings is 1. The number of hydrogen-bond acceptors (Lipinski definition) is 2. The maximum Gasteiger partial charge on any atom is 0.216 e. The molecule has 0 saturated heterocycles. The van der Waals surface area contributed by atoms with Gasteiger partial charge < -0.3 is 4.74 Å².